The molecule has 4 rings (SSSR count). The fourth-order valence-electron chi connectivity index (χ4n) is 3.81. The second kappa shape index (κ2) is 6.55. The number of hydrogen-bond acceptors (Lipinski definition) is 4. The Hall–Kier alpha value is -1.88. The molecule has 1 saturated heterocycles. The molecular formula is C20H24N2O2. The van der Waals surface area contributed by atoms with Crippen LogP contribution in [0.15, 0.2) is 54.6 Å². The van der Waals surface area contributed by atoms with Crippen molar-refractivity contribution in [1.29, 1.82) is 0 Å². The second-order valence-electron chi connectivity index (χ2n) is 6.76. The van der Waals surface area contributed by atoms with Crippen LogP contribution in [-0.4, -0.2) is 54.2 Å². The van der Waals surface area contributed by atoms with E-state index >= 15 is 0 Å². The van der Waals surface area contributed by atoms with Crippen molar-refractivity contribution in [3.05, 3.63) is 65.7 Å². The number of nitrogens with zero attached hydrogens (tertiary/aromatic N) is 2. The van der Waals surface area contributed by atoms with Crippen LogP contribution in [0, 0.1) is 0 Å². The number of ether oxygens (including phenoxy) is 1. The van der Waals surface area contributed by atoms with E-state index in [1.807, 2.05) is 48.5 Å². The number of aliphatic hydroxyl groups is 1. The summed E-state index contributed by atoms with van der Waals surface area (Å²) < 4.78 is 6.19. The quantitative estimate of drug-likeness (QED) is 0.921. The summed E-state index contributed by atoms with van der Waals surface area (Å²) in [5, 5.41) is 11.2. The van der Waals surface area contributed by atoms with Crippen LogP contribution in [0.3, 0.4) is 0 Å². The molecule has 0 aliphatic carbocycles. The van der Waals surface area contributed by atoms with E-state index in [0.717, 1.165) is 43.1 Å². The smallest absolute Gasteiger partial charge is 0.151 e. The van der Waals surface area contributed by atoms with Crippen LogP contribution in [0.4, 0.5) is 0 Å². The minimum Gasteiger partial charge on any atom is -0.483 e. The minimum atomic E-state index is -0.578. The zero-order chi connectivity index (χ0) is 16.5. The SMILES string of the molecule is CN1CCN([C@H]2c3ccccc3O[C@@H](c3ccccc3)[C@@H]2O)CC1. The van der Waals surface area contributed by atoms with Crippen molar-refractivity contribution >= 4 is 0 Å². The normalized spacial score (nSPS) is 28.2. The van der Waals surface area contributed by atoms with Gasteiger partial charge in [-0.1, -0.05) is 48.5 Å². The molecule has 0 unspecified atom stereocenters. The first-order valence-corrected chi connectivity index (χ1v) is 8.65. The zero-order valence-corrected chi connectivity index (χ0v) is 14.0. The fraction of sp³-hybridized carbons (Fsp3) is 0.400. The molecule has 3 atom stereocenters. The Labute approximate surface area is 143 Å². The lowest BCUT2D eigenvalue weighted by Gasteiger charge is -2.45. The van der Waals surface area contributed by atoms with Gasteiger partial charge in [-0.15, -0.1) is 0 Å². The Kier molecular flexibility index (Phi) is 4.27. The van der Waals surface area contributed by atoms with Gasteiger partial charge < -0.3 is 14.7 Å². The van der Waals surface area contributed by atoms with Crippen molar-refractivity contribution in [1.82, 2.24) is 9.80 Å². The maximum Gasteiger partial charge on any atom is 0.151 e. The third kappa shape index (κ3) is 2.81. The van der Waals surface area contributed by atoms with Crippen molar-refractivity contribution < 1.29 is 9.84 Å². The Morgan fingerprint density at radius 3 is 2.33 bits per heavy atom. The van der Waals surface area contributed by atoms with Crippen molar-refractivity contribution in [2.45, 2.75) is 18.2 Å². The van der Waals surface area contributed by atoms with Gasteiger partial charge >= 0.3 is 0 Å². The molecule has 0 aromatic heterocycles. The van der Waals surface area contributed by atoms with E-state index in [-0.39, 0.29) is 12.1 Å². The van der Waals surface area contributed by atoms with E-state index in [4.69, 9.17) is 4.74 Å². The second-order valence-corrected chi connectivity index (χ2v) is 6.76. The number of benzene rings is 2. The third-order valence-corrected chi connectivity index (χ3v) is 5.18. The van der Waals surface area contributed by atoms with E-state index in [0.29, 0.717) is 0 Å². The van der Waals surface area contributed by atoms with E-state index in [2.05, 4.69) is 22.9 Å². The minimum absolute atomic E-state index is 0.0196. The summed E-state index contributed by atoms with van der Waals surface area (Å²) in [6.07, 6.45) is -0.906. The molecule has 2 aromatic rings. The summed E-state index contributed by atoms with van der Waals surface area (Å²) in [5.74, 6) is 0.889. The first kappa shape index (κ1) is 15.6. The highest BCUT2D eigenvalue weighted by atomic mass is 16.5. The number of para-hydroxylation sites is 1. The first-order valence-electron chi connectivity index (χ1n) is 8.65. The van der Waals surface area contributed by atoms with E-state index in [1.165, 1.54) is 0 Å². The topological polar surface area (TPSA) is 35.9 Å². The lowest BCUT2D eigenvalue weighted by atomic mass is 9.88. The highest BCUT2D eigenvalue weighted by Gasteiger charge is 2.41. The zero-order valence-electron chi connectivity index (χ0n) is 14.0. The summed E-state index contributed by atoms with van der Waals surface area (Å²) in [6, 6.07) is 18.2. The fourth-order valence-corrected chi connectivity index (χ4v) is 3.81. The molecule has 0 bridgehead atoms. The highest BCUT2D eigenvalue weighted by Crippen LogP contribution is 2.43. The van der Waals surface area contributed by atoms with Gasteiger partial charge in [-0.3, -0.25) is 4.90 Å². The van der Waals surface area contributed by atoms with Gasteiger partial charge in [-0.05, 0) is 18.7 Å². The number of fused-ring (bicyclic) bond motifs is 1. The Morgan fingerprint density at radius 2 is 1.58 bits per heavy atom. The Morgan fingerprint density at radius 1 is 0.917 bits per heavy atom. The molecule has 1 fully saturated rings. The predicted octanol–water partition coefficient (Wildman–Crippen LogP) is 2.47. The van der Waals surface area contributed by atoms with Crippen molar-refractivity contribution in [3.63, 3.8) is 0 Å². The summed E-state index contributed by atoms with van der Waals surface area (Å²) in [7, 11) is 2.15. The van der Waals surface area contributed by atoms with E-state index in [1.54, 1.807) is 0 Å². The van der Waals surface area contributed by atoms with Crippen LogP contribution in [0.25, 0.3) is 0 Å². The molecule has 4 heteroatoms. The van der Waals surface area contributed by atoms with Gasteiger partial charge in [-0.2, -0.15) is 0 Å². The van der Waals surface area contributed by atoms with Gasteiger partial charge in [0.1, 0.15) is 11.9 Å². The van der Waals surface area contributed by atoms with Crippen molar-refractivity contribution in [3.8, 4) is 5.75 Å². The van der Waals surface area contributed by atoms with Crippen LogP contribution >= 0.6 is 0 Å². The lowest BCUT2D eigenvalue weighted by molar-refractivity contribution is -0.0572. The van der Waals surface area contributed by atoms with Crippen molar-refractivity contribution in [2.75, 3.05) is 33.2 Å². The Bertz CT molecular complexity index is 683. The van der Waals surface area contributed by atoms with Crippen LogP contribution < -0.4 is 4.74 Å². The number of rotatable bonds is 2. The molecule has 2 aliphatic rings. The van der Waals surface area contributed by atoms with Crippen LogP contribution in [0.1, 0.15) is 23.3 Å². The van der Waals surface area contributed by atoms with Gasteiger partial charge in [0.05, 0.1) is 6.04 Å². The molecule has 24 heavy (non-hydrogen) atoms. The van der Waals surface area contributed by atoms with Gasteiger partial charge in [-0.25, -0.2) is 0 Å². The molecule has 2 aromatic carbocycles. The van der Waals surface area contributed by atoms with Crippen LogP contribution in [0.2, 0.25) is 0 Å². The number of piperazine rings is 1. The molecule has 0 saturated carbocycles. The van der Waals surface area contributed by atoms with E-state index in [9.17, 15) is 5.11 Å². The molecular weight excluding hydrogens is 300 g/mol. The third-order valence-electron chi connectivity index (χ3n) is 5.18. The molecule has 4 nitrogen and oxygen atoms in total. The number of hydrogen-bond donors (Lipinski definition) is 1. The standard InChI is InChI=1S/C20H24N2O2/c1-21-11-13-22(14-12-21)18-16-9-5-6-10-17(16)24-20(19(18)23)15-7-3-2-4-8-15/h2-10,18-20,23H,11-14H2,1H3/t18-,19+,20-/m0/s1. The molecule has 126 valence electrons. The molecule has 0 amide bonds. The summed E-state index contributed by atoms with van der Waals surface area (Å²) in [5.41, 5.74) is 2.13. The average Bonchev–Trinajstić information content (AvgIpc) is 2.63. The molecule has 1 N–H and O–H groups in total. The van der Waals surface area contributed by atoms with Gasteiger partial charge in [0.25, 0.3) is 0 Å². The van der Waals surface area contributed by atoms with Gasteiger partial charge in [0, 0.05) is 31.7 Å². The van der Waals surface area contributed by atoms with Gasteiger partial charge in [0.15, 0.2) is 6.10 Å². The molecule has 2 aliphatic heterocycles. The Balaban J connectivity index is 1.70. The predicted molar refractivity (Wildman–Crippen MR) is 94.1 cm³/mol. The molecule has 0 radical (unpaired) electrons. The maximum absolute atomic E-state index is 11.2. The van der Waals surface area contributed by atoms with E-state index < -0.39 is 6.10 Å². The van der Waals surface area contributed by atoms with Crippen LogP contribution in [0.5, 0.6) is 5.75 Å². The lowest BCUT2D eigenvalue weighted by Crippen LogP contribution is -2.51. The number of likely N-dealkylation sites (N-methyl/N-ethyl adjacent to an activating group) is 1. The van der Waals surface area contributed by atoms with Gasteiger partial charge in [0.2, 0.25) is 0 Å². The highest BCUT2D eigenvalue weighted by molar-refractivity contribution is 5.41. The monoisotopic (exact) mass is 324 g/mol. The molecule has 2 heterocycles. The summed E-state index contributed by atoms with van der Waals surface area (Å²) in [4.78, 5) is 4.74. The average molecular weight is 324 g/mol. The summed E-state index contributed by atoms with van der Waals surface area (Å²) >= 11 is 0. The first-order chi connectivity index (χ1) is 11.7. The summed E-state index contributed by atoms with van der Waals surface area (Å²) in [6.45, 7) is 3.99. The van der Waals surface area contributed by atoms with Crippen molar-refractivity contribution in [2.24, 2.45) is 0 Å². The maximum atomic E-state index is 11.2. The van der Waals surface area contributed by atoms with Crippen LogP contribution in [-0.2, 0) is 0 Å². The molecule has 0 spiro atoms. The number of aliphatic hydroxyl groups excluding tert-OH is 1. The largest absolute Gasteiger partial charge is 0.483 e.